The topological polar surface area (TPSA) is 90.6 Å². The Labute approximate surface area is 113 Å². The van der Waals surface area contributed by atoms with Gasteiger partial charge in [-0.2, -0.15) is 5.10 Å². The van der Waals surface area contributed by atoms with Crippen LogP contribution in [0.2, 0.25) is 0 Å². The lowest BCUT2D eigenvalue weighted by Gasteiger charge is -2.02. The summed E-state index contributed by atoms with van der Waals surface area (Å²) in [7, 11) is 0. The molecular weight excluding hydrogens is 256 g/mol. The molecule has 100 valence electrons. The summed E-state index contributed by atoms with van der Waals surface area (Å²) in [6, 6.07) is 8.86. The van der Waals surface area contributed by atoms with Crippen LogP contribution < -0.4 is 10.9 Å². The third-order valence-corrected chi connectivity index (χ3v) is 3.00. The molecule has 0 bridgehead atoms. The number of rotatable bonds is 2. The Hall–Kier alpha value is -2.89. The molecule has 6 nitrogen and oxygen atoms in total. The fourth-order valence-corrected chi connectivity index (χ4v) is 2.00. The van der Waals surface area contributed by atoms with E-state index in [1.807, 2.05) is 25.1 Å². The highest BCUT2D eigenvalue weighted by Gasteiger charge is 2.15. The second-order valence-corrected chi connectivity index (χ2v) is 4.49. The van der Waals surface area contributed by atoms with E-state index in [0.29, 0.717) is 0 Å². The van der Waals surface area contributed by atoms with Crippen molar-refractivity contribution in [3.05, 3.63) is 58.1 Å². The highest BCUT2D eigenvalue weighted by molar-refractivity contribution is 6.11. The molecule has 0 aliphatic heterocycles. The van der Waals surface area contributed by atoms with Crippen LogP contribution in [0.1, 0.15) is 16.1 Å². The number of amides is 1. The van der Waals surface area contributed by atoms with Crippen molar-refractivity contribution in [2.24, 2.45) is 0 Å². The lowest BCUT2D eigenvalue weighted by Crippen LogP contribution is -2.19. The number of hydrogen-bond acceptors (Lipinski definition) is 3. The number of H-pyrrole nitrogens is 2. The summed E-state index contributed by atoms with van der Waals surface area (Å²) < 4.78 is 0. The number of benzene rings is 1. The van der Waals surface area contributed by atoms with Crippen molar-refractivity contribution in [3.8, 4) is 0 Å². The van der Waals surface area contributed by atoms with Crippen LogP contribution in [0.25, 0.3) is 10.9 Å². The van der Waals surface area contributed by atoms with E-state index in [-0.39, 0.29) is 16.9 Å². The van der Waals surface area contributed by atoms with Gasteiger partial charge in [-0.05, 0) is 31.2 Å². The summed E-state index contributed by atoms with van der Waals surface area (Å²) in [6.07, 6.45) is 1.51. The number of fused-ring (bicyclic) bond motifs is 1. The van der Waals surface area contributed by atoms with Crippen molar-refractivity contribution in [1.82, 2.24) is 15.2 Å². The van der Waals surface area contributed by atoms with E-state index in [0.717, 1.165) is 16.5 Å². The molecule has 3 aromatic rings. The molecule has 1 aromatic carbocycles. The van der Waals surface area contributed by atoms with Crippen LogP contribution in [0.4, 0.5) is 5.69 Å². The van der Waals surface area contributed by atoms with Gasteiger partial charge in [-0.1, -0.05) is 11.6 Å². The Morgan fingerprint density at radius 3 is 2.95 bits per heavy atom. The number of pyridine rings is 1. The summed E-state index contributed by atoms with van der Waals surface area (Å²) in [4.78, 5) is 26.2. The monoisotopic (exact) mass is 268 g/mol. The van der Waals surface area contributed by atoms with Gasteiger partial charge in [0.25, 0.3) is 11.5 Å². The van der Waals surface area contributed by atoms with Crippen molar-refractivity contribution in [1.29, 1.82) is 0 Å². The highest BCUT2D eigenvalue weighted by Crippen LogP contribution is 2.18. The summed E-state index contributed by atoms with van der Waals surface area (Å²) in [5.41, 5.74) is 1.93. The smallest absolute Gasteiger partial charge is 0.276 e. The second-order valence-electron chi connectivity index (χ2n) is 4.49. The fraction of sp³-hybridized carbons (Fsp3) is 0.0714. The number of anilines is 1. The predicted molar refractivity (Wildman–Crippen MR) is 75.8 cm³/mol. The minimum absolute atomic E-state index is 0.196. The van der Waals surface area contributed by atoms with Crippen LogP contribution in [-0.4, -0.2) is 21.1 Å². The van der Waals surface area contributed by atoms with E-state index in [4.69, 9.17) is 0 Å². The summed E-state index contributed by atoms with van der Waals surface area (Å²) in [5, 5.41) is 10.1. The number of aromatic nitrogens is 3. The summed E-state index contributed by atoms with van der Waals surface area (Å²) >= 11 is 0. The predicted octanol–water partition coefficient (Wildman–Crippen LogP) is 1.81. The largest absolute Gasteiger partial charge is 0.327 e. The molecule has 6 heteroatoms. The Bertz CT molecular complexity index is 848. The number of carbonyl (C=O) groups excluding carboxylic acids is 1. The van der Waals surface area contributed by atoms with Crippen LogP contribution in [0.5, 0.6) is 0 Å². The minimum atomic E-state index is -0.418. The van der Waals surface area contributed by atoms with Gasteiger partial charge in [0.1, 0.15) is 5.69 Å². The highest BCUT2D eigenvalue weighted by atomic mass is 16.2. The molecule has 2 heterocycles. The number of hydrogen-bond donors (Lipinski definition) is 3. The average molecular weight is 268 g/mol. The molecule has 1 amide bonds. The zero-order valence-electron chi connectivity index (χ0n) is 10.7. The molecule has 0 fully saturated rings. The summed E-state index contributed by atoms with van der Waals surface area (Å²) in [5.74, 6) is -0.418. The molecule has 0 spiro atoms. The molecule has 3 rings (SSSR count). The Kier molecular flexibility index (Phi) is 2.83. The first-order valence-electron chi connectivity index (χ1n) is 6.09. The zero-order valence-corrected chi connectivity index (χ0v) is 10.7. The van der Waals surface area contributed by atoms with E-state index in [2.05, 4.69) is 20.5 Å². The van der Waals surface area contributed by atoms with Crippen LogP contribution in [0, 0.1) is 6.92 Å². The first kappa shape index (κ1) is 12.2. The van der Waals surface area contributed by atoms with Gasteiger partial charge >= 0.3 is 0 Å². The van der Waals surface area contributed by atoms with Crippen LogP contribution in [0.15, 0.2) is 41.3 Å². The lowest BCUT2D eigenvalue weighted by molar-refractivity contribution is 0.102. The Morgan fingerprint density at radius 1 is 1.30 bits per heavy atom. The van der Waals surface area contributed by atoms with E-state index in [1.165, 1.54) is 12.3 Å². The van der Waals surface area contributed by atoms with Gasteiger partial charge in [-0.15, -0.1) is 0 Å². The molecule has 2 aromatic heterocycles. The first-order chi connectivity index (χ1) is 9.65. The fourth-order valence-electron chi connectivity index (χ4n) is 2.00. The molecule has 0 aliphatic carbocycles. The van der Waals surface area contributed by atoms with Crippen molar-refractivity contribution in [2.75, 3.05) is 5.32 Å². The Morgan fingerprint density at radius 2 is 2.15 bits per heavy atom. The number of nitrogens with zero attached hydrogens (tertiary/aromatic N) is 1. The van der Waals surface area contributed by atoms with Gasteiger partial charge in [0.05, 0.1) is 5.52 Å². The molecule has 0 saturated carbocycles. The quantitative estimate of drug-likeness (QED) is 0.662. The van der Waals surface area contributed by atoms with Gasteiger partial charge in [0, 0.05) is 11.6 Å². The van der Waals surface area contributed by atoms with Gasteiger partial charge < -0.3 is 10.3 Å². The number of carbonyl (C=O) groups is 1. The molecule has 0 saturated heterocycles. The normalized spacial score (nSPS) is 10.7. The van der Waals surface area contributed by atoms with E-state index in [1.54, 1.807) is 6.07 Å². The van der Waals surface area contributed by atoms with Gasteiger partial charge in [0.15, 0.2) is 5.69 Å². The number of aryl methyl sites for hydroxylation is 1. The van der Waals surface area contributed by atoms with Gasteiger partial charge in [-0.3, -0.25) is 14.7 Å². The maximum absolute atomic E-state index is 12.2. The van der Waals surface area contributed by atoms with Gasteiger partial charge in [-0.25, -0.2) is 0 Å². The van der Waals surface area contributed by atoms with Crippen molar-refractivity contribution in [3.63, 3.8) is 0 Å². The van der Waals surface area contributed by atoms with E-state index >= 15 is 0 Å². The Balaban J connectivity index is 1.99. The number of nitrogens with one attached hydrogen (secondary N) is 3. The van der Waals surface area contributed by atoms with Crippen LogP contribution in [-0.2, 0) is 0 Å². The van der Waals surface area contributed by atoms with Crippen LogP contribution in [0.3, 0.4) is 0 Å². The molecule has 0 radical (unpaired) electrons. The van der Waals surface area contributed by atoms with Crippen molar-refractivity contribution >= 4 is 22.5 Å². The maximum atomic E-state index is 12.2. The first-order valence-corrected chi connectivity index (χ1v) is 6.09. The molecule has 0 atom stereocenters. The third kappa shape index (κ3) is 2.07. The van der Waals surface area contributed by atoms with E-state index in [9.17, 15) is 9.59 Å². The summed E-state index contributed by atoms with van der Waals surface area (Å²) in [6.45, 7) is 1.94. The van der Waals surface area contributed by atoms with Crippen molar-refractivity contribution < 1.29 is 4.79 Å². The lowest BCUT2D eigenvalue weighted by atomic mass is 10.1. The standard InChI is InChI=1S/C14H12N4O2/c1-8-4-5-10-9(7-8)12(18-17-10)14(20)16-11-3-2-6-15-13(11)19/h2-7H,1H3,(H,15,19)(H,16,20)(H,17,18). The number of aromatic amines is 2. The van der Waals surface area contributed by atoms with Gasteiger partial charge in [0.2, 0.25) is 0 Å². The maximum Gasteiger partial charge on any atom is 0.276 e. The SMILES string of the molecule is Cc1ccc2[nH]nc(C(=O)Nc3ccc[nH]c3=O)c2c1. The molecule has 3 N–H and O–H groups in total. The van der Waals surface area contributed by atoms with Crippen LogP contribution >= 0.6 is 0 Å². The molecular formula is C14H12N4O2. The molecule has 20 heavy (non-hydrogen) atoms. The second kappa shape index (κ2) is 4.65. The molecule has 0 unspecified atom stereocenters. The van der Waals surface area contributed by atoms with Crippen molar-refractivity contribution in [2.45, 2.75) is 6.92 Å². The third-order valence-electron chi connectivity index (χ3n) is 3.00. The molecule has 0 aliphatic rings. The minimum Gasteiger partial charge on any atom is -0.327 e. The van der Waals surface area contributed by atoms with E-state index < -0.39 is 5.91 Å². The zero-order chi connectivity index (χ0) is 14.1. The average Bonchev–Trinajstić information content (AvgIpc) is 2.84.